The van der Waals surface area contributed by atoms with E-state index in [1.807, 2.05) is 36.4 Å². The first-order valence-electron chi connectivity index (χ1n) is 5.67. The number of pyridine rings is 1. The van der Waals surface area contributed by atoms with Crippen LogP contribution in [0, 0.1) is 0 Å². The van der Waals surface area contributed by atoms with Crippen molar-refractivity contribution in [1.29, 1.82) is 0 Å². The number of nitrogens with zero attached hydrogens (tertiary/aromatic N) is 2. The van der Waals surface area contributed by atoms with Crippen LogP contribution >= 0.6 is 15.9 Å². The van der Waals surface area contributed by atoms with Crippen LogP contribution in [-0.2, 0) is 0 Å². The number of aromatic nitrogens is 2. The van der Waals surface area contributed by atoms with Gasteiger partial charge in [0.05, 0.1) is 5.56 Å². The van der Waals surface area contributed by atoms with Gasteiger partial charge in [0.1, 0.15) is 0 Å². The van der Waals surface area contributed by atoms with Crippen molar-refractivity contribution in [1.82, 2.24) is 10.1 Å². The Bertz CT molecular complexity index is 710. The Morgan fingerprint density at radius 2 is 1.95 bits per heavy atom. The zero-order valence-corrected chi connectivity index (χ0v) is 11.5. The van der Waals surface area contributed by atoms with E-state index in [-0.39, 0.29) is 0 Å². The molecule has 2 heterocycles. The van der Waals surface area contributed by atoms with Crippen LogP contribution in [0.15, 0.2) is 57.8 Å². The van der Waals surface area contributed by atoms with E-state index < -0.39 is 0 Å². The zero-order chi connectivity index (χ0) is 13.2. The van der Waals surface area contributed by atoms with Crippen LogP contribution in [0.3, 0.4) is 0 Å². The Morgan fingerprint density at radius 3 is 2.68 bits per heavy atom. The molecule has 0 fully saturated rings. The third-order valence-electron chi connectivity index (χ3n) is 2.76. The number of benzene rings is 1. The molecule has 0 spiro atoms. The van der Waals surface area contributed by atoms with Gasteiger partial charge < -0.3 is 10.3 Å². The first-order valence-corrected chi connectivity index (χ1v) is 6.46. The average molecular weight is 316 g/mol. The number of nitrogens with two attached hydrogens (primary N) is 1. The highest BCUT2D eigenvalue weighted by atomic mass is 79.9. The number of nitrogen functional groups attached to an aromatic ring is 1. The lowest BCUT2D eigenvalue weighted by molar-refractivity contribution is 0.436. The molecule has 3 rings (SSSR count). The lowest BCUT2D eigenvalue weighted by Gasteiger charge is -2.03. The topological polar surface area (TPSA) is 64.9 Å². The van der Waals surface area contributed by atoms with Crippen LogP contribution in [0.4, 0.5) is 5.82 Å². The molecule has 0 atom stereocenters. The van der Waals surface area contributed by atoms with Crippen molar-refractivity contribution in [2.24, 2.45) is 0 Å². The maximum atomic E-state index is 5.92. The van der Waals surface area contributed by atoms with E-state index in [1.54, 1.807) is 12.4 Å². The van der Waals surface area contributed by atoms with E-state index in [2.05, 4.69) is 26.1 Å². The second-order valence-corrected chi connectivity index (χ2v) is 4.94. The fraction of sp³-hybridized carbons (Fsp3) is 0. The third-order valence-corrected chi connectivity index (χ3v) is 3.25. The molecule has 0 saturated heterocycles. The summed E-state index contributed by atoms with van der Waals surface area (Å²) in [5.74, 6) is 1.00. The SMILES string of the molecule is Nc1noc(-c2cccnc2)c1-c1cccc(Br)c1. The van der Waals surface area contributed by atoms with Gasteiger partial charge in [-0.05, 0) is 29.8 Å². The Kier molecular flexibility index (Phi) is 3.05. The summed E-state index contributed by atoms with van der Waals surface area (Å²) in [5, 5.41) is 3.86. The quantitative estimate of drug-likeness (QED) is 0.782. The van der Waals surface area contributed by atoms with Gasteiger partial charge in [-0.2, -0.15) is 0 Å². The van der Waals surface area contributed by atoms with Gasteiger partial charge >= 0.3 is 0 Å². The van der Waals surface area contributed by atoms with E-state index in [0.29, 0.717) is 11.6 Å². The molecule has 0 saturated carbocycles. The van der Waals surface area contributed by atoms with Gasteiger partial charge in [0.2, 0.25) is 0 Å². The van der Waals surface area contributed by atoms with Crippen LogP contribution in [0.1, 0.15) is 0 Å². The van der Waals surface area contributed by atoms with Gasteiger partial charge in [-0.1, -0.05) is 33.2 Å². The summed E-state index contributed by atoms with van der Waals surface area (Å²) in [7, 11) is 0. The maximum absolute atomic E-state index is 5.92. The molecule has 5 heteroatoms. The second-order valence-electron chi connectivity index (χ2n) is 4.02. The van der Waals surface area contributed by atoms with Gasteiger partial charge in [0.25, 0.3) is 0 Å². The van der Waals surface area contributed by atoms with Crippen LogP contribution in [0.25, 0.3) is 22.5 Å². The van der Waals surface area contributed by atoms with Crippen LogP contribution in [0.2, 0.25) is 0 Å². The Balaban J connectivity index is 2.20. The van der Waals surface area contributed by atoms with E-state index in [0.717, 1.165) is 21.2 Å². The van der Waals surface area contributed by atoms with Crippen molar-refractivity contribution in [3.05, 3.63) is 53.3 Å². The summed E-state index contributed by atoms with van der Waals surface area (Å²) >= 11 is 3.45. The summed E-state index contributed by atoms with van der Waals surface area (Å²) in [5.41, 5.74) is 8.51. The van der Waals surface area contributed by atoms with Crippen LogP contribution in [-0.4, -0.2) is 10.1 Å². The van der Waals surface area contributed by atoms with Crippen molar-refractivity contribution in [3.8, 4) is 22.5 Å². The minimum atomic E-state index is 0.372. The highest BCUT2D eigenvalue weighted by Crippen LogP contribution is 2.36. The fourth-order valence-electron chi connectivity index (χ4n) is 1.92. The molecule has 0 bridgehead atoms. The fourth-order valence-corrected chi connectivity index (χ4v) is 2.32. The Hall–Kier alpha value is -2.14. The predicted molar refractivity (Wildman–Crippen MR) is 77.3 cm³/mol. The first-order chi connectivity index (χ1) is 9.25. The average Bonchev–Trinajstić information content (AvgIpc) is 2.82. The van der Waals surface area contributed by atoms with E-state index in [4.69, 9.17) is 10.3 Å². The molecule has 0 aliphatic rings. The van der Waals surface area contributed by atoms with Crippen molar-refractivity contribution < 1.29 is 4.52 Å². The zero-order valence-electron chi connectivity index (χ0n) is 9.88. The van der Waals surface area contributed by atoms with Crippen molar-refractivity contribution in [2.75, 3.05) is 5.73 Å². The Morgan fingerprint density at radius 1 is 1.11 bits per heavy atom. The normalized spacial score (nSPS) is 10.6. The number of rotatable bonds is 2. The molecular weight excluding hydrogens is 306 g/mol. The minimum absolute atomic E-state index is 0.372. The molecule has 4 nitrogen and oxygen atoms in total. The molecule has 0 aliphatic heterocycles. The van der Waals surface area contributed by atoms with Crippen LogP contribution in [0.5, 0.6) is 0 Å². The molecule has 19 heavy (non-hydrogen) atoms. The molecule has 94 valence electrons. The molecule has 0 aliphatic carbocycles. The van der Waals surface area contributed by atoms with E-state index >= 15 is 0 Å². The molecule has 0 unspecified atom stereocenters. The predicted octanol–water partition coefficient (Wildman–Crippen LogP) is 3.75. The summed E-state index contributed by atoms with van der Waals surface area (Å²) < 4.78 is 6.32. The largest absolute Gasteiger partial charge is 0.380 e. The molecule has 0 radical (unpaired) electrons. The van der Waals surface area contributed by atoms with E-state index in [1.165, 1.54) is 0 Å². The van der Waals surface area contributed by atoms with Gasteiger partial charge in [0.15, 0.2) is 11.6 Å². The maximum Gasteiger partial charge on any atom is 0.178 e. The van der Waals surface area contributed by atoms with Gasteiger partial charge in [0, 0.05) is 22.4 Å². The Labute approximate surface area is 118 Å². The monoisotopic (exact) mass is 315 g/mol. The highest BCUT2D eigenvalue weighted by molar-refractivity contribution is 9.10. The molecule has 3 aromatic rings. The lowest BCUT2D eigenvalue weighted by Crippen LogP contribution is -1.89. The summed E-state index contributed by atoms with van der Waals surface area (Å²) in [4.78, 5) is 4.08. The van der Waals surface area contributed by atoms with Gasteiger partial charge in [-0.3, -0.25) is 4.98 Å². The van der Waals surface area contributed by atoms with Crippen molar-refractivity contribution >= 4 is 21.7 Å². The van der Waals surface area contributed by atoms with Crippen molar-refractivity contribution in [3.63, 3.8) is 0 Å². The van der Waals surface area contributed by atoms with Gasteiger partial charge in [-0.15, -0.1) is 0 Å². The van der Waals surface area contributed by atoms with Crippen LogP contribution < -0.4 is 5.73 Å². The number of hydrogen-bond acceptors (Lipinski definition) is 4. The first kappa shape index (κ1) is 11.9. The number of hydrogen-bond donors (Lipinski definition) is 1. The molecular formula is C14H10BrN3O. The molecule has 0 amide bonds. The number of halogens is 1. The summed E-state index contributed by atoms with van der Waals surface area (Å²) in [6.07, 6.45) is 3.43. The lowest BCUT2D eigenvalue weighted by atomic mass is 10.0. The third kappa shape index (κ3) is 2.24. The second kappa shape index (κ2) is 4.85. The summed E-state index contributed by atoms with van der Waals surface area (Å²) in [6.45, 7) is 0. The highest BCUT2D eigenvalue weighted by Gasteiger charge is 2.17. The van der Waals surface area contributed by atoms with Crippen molar-refractivity contribution in [2.45, 2.75) is 0 Å². The standard InChI is InChI=1S/C14H10BrN3O/c15-11-5-1-3-9(7-11)12-13(19-18-14(12)16)10-4-2-6-17-8-10/h1-8H,(H2,16,18). The molecule has 2 aromatic heterocycles. The smallest absolute Gasteiger partial charge is 0.178 e. The van der Waals surface area contributed by atoms with Gasteiger partial charge in [-0.25, -0.2) is 0 Å². The summed E-state index contributed by atoms with van der Waals surface area (Å²) in [6, 6.07) is 11.6. The molecule has 1 aromatic carbocycles. The number of anilines is 1. The molecule has 2 N–H and O–H groups in total. The minimum Gasteiger partial charge on any atom is -0.380 e. The van der Waals surface area contributed by atoms with E-state index in [9.17, 15) is 0 Å².